The van der Waals surface area contributed by atoms with Crippen LogP contribution in [-0.4, -0.2) is 28.7 Å². The van der Waals surface area contributed by atoms with Crippen molar-refractivity contribution in [2.75, 3.05) is 6.54 Å². The fraction of sp³-hybridized carbons (Fsp3) is 0.692. The summed E-state index contributed by atoms with van der Waals surface area (Å²) in [5, 5.41) is 13.6. The molecule has 1 amide bonds. The van der Waals surface area contributed by atoms with Gasteiger partial charge in [0.1, 0.15) is 0 Å². The SMILES string of the molecule is Cl.O=C(CC1CCCN1)NC1CCCc2cn[nH]c21. The molecule has 2 atom stereocenters. The molecule has 3 N–H and O–H groups in total. The minimum Gasteiger partial charge on any atom is -0.348 e. The minimum absolute atomic E-state index is 0. The van der Waals surface area contributed by atoms with Gasteiger partial charge in [-0.2, -0.15) is 5.10 Å². The lowest BCUT2D eigenvalue weighted by molar-refractivity contribution is -0.122. The molecular formula is C13H21ClN4O. The monoisotopic (exact) mass is 284 g/mol. The summed E-state index contributed by atoms with van der Waals surface area (Å²) < 4.78 is 0. The van der Waals surface area contributed by atoms with Crippen LogP contribution in [0.2, 0.25) is 0 Å². The first-order valence-corrected chi connectivity index (χ1v) is 6.88. The van der Waals surface area contributed by atoms with Crippen LogP contribution in [0.15, 0.2) is 6.20 Å². The van der Waals surface area contributed by atoms with Gasteiger partial charge in [-0.05, 0) is 44.2 Å². The van der Waals surface area contributed by atoms with Gasteiger partial charge in [0.2, 0.25) is 5.91 Å². The number of H-pyrrole nitrogens is 1. The van der Waals surface area contributed by atoms with E-state index in [1.165, 1.54) is 12.0 Å². The Morgan fingerprint density at radius 1 is 1.42 bits per heavy atom. The quantitative estimate of drug-likeness (QED) is 0.787. The molecule has 0 spiro atoms. The van der Waals surface area contributed by atoms with E-state index in [4.69, 9.17) is 0 Å². The van der Waals surface area contributed by atoms with Crippen molar-refractivity contribution in [1.29, 1.82) is 0 Å². The number of aryl methyl sites for hydroxylation is 1. The number of nitrogens with one attached hydrogen (secondary N) is 3. The molecule has 0 bridgehead atoms. The van der Waals surface area contributed by atoms with Crippen molar-refractivity contribution in [1.82, 2.24) is 20.8 Å². The van der Waals surface area contributed by atoms with Crippen LogP contribution in [0, 0.1) is 0 Å². The second-order valence-electron chi connectivity index (χ2n) is 5.32. The Morgan fingerprint density at radius 2 is 2.32 bits per heavy atom. The molecule has 0 aromatic carbocycles. The molecule has 1 fully saturated rings. The van der Waals surface area contributed by atoms with Crippen molar-refractivity contribution in [2.45, 2.75) is 50.6 Å². The number of hydrogen-bond donors (Lipinski definition) is 3. The lowest BCUT2D eigenvalue weighted by atomic mass is 9.93. The summed E-state index contributed by atoms with van der Waals surface area (Å²) in [7, 11) is 0. The molecule has 1 aliphatic heterocycles. The van der Waals surface area contributed by atoms with E-state index < -0.39 is 0 Å². The molecule has 3 rings (SSSR count). The Hall–Kier alpha value is -1.07. The van der Waals surface area contributed by atoms with E-state index in [1.54, 1.807) is 0 Å². The normalized spacial score (nSPS) is 25.5. The van der Waals surface area contributed by atoms with Gasteiger partial charge < -0.3 is 10.6 Å². The number of hydrogen-bond acceptors (Lipinski definition) is 3. The Labute approximate surface area is 119 Å². The number of aromatic amines is 1. The van der Waals surface area contributed by atoms with Crippen molar-refractivity contribution in [2.24, 2.45) is 0 Å². The average molecular weight is 285 g/mol. The van der Waals surface area contributed by atoms with E-state index in [-0.39, 0.29) is 24.4 Å². The summed E-state index contributed by atoms with van der Waals surface area (Å²) >= 11 is 0. The number of aromatic nitrogens is 2. The third-order valence-electron chi connectivity index (χ3n) is 3.97. The minimum atomic E-state index is 0. The van der Waals surface area contributed by atoms with E-state index in [1.807, 2.05) is 6.20 Å². The summed E-state index contributed by atoms with van der Waals surface area (Å²) in [5.74, 6) is 0.154. The zero-order valence-electron chi connectivity index (χ0n) is 10.9. The van der Waals surface area contributed by atoms with Crippen molar-refractivity contribution in [3.8, 4) is 0 Å². The molecule has 6 heteroatoms. The molecule has 1 aromatic heterocycles. The highest BCUT2D eigenvalue weighted by Gasteiger charge is 2.25. The fourth-order valence-corrected chi connectivity index (χ4v) is 3.02. The Bertz CT molecular complexity index is 428. The molecule has 0 radical (unpaired) electrons. The molecule has 106 valence electrons. The van der Waals surface area contributed by atoms with Crippen molar-refractivity contribution < 1.29 is 4.79 Å². The van der Waals surface area contributed by atoms with Gasteiger partial charge >= 0.3 is 0 Å². The lowest BCUT2D eigenvalue weighted by Gasteiger charge is -2.23. The van der Waals surface area contributed by atoms with Crippen LogP contribution in [0.1, 0.15) is 49.4 Å². The van der Waals surface area contributed by atoms with Gasteiger partial charge in [-0.1, -0.05) is 0 Å². The van der Waals surface area contributed by atoms with E-state index in [2.05, 4.69) is 20.8 Å². The number of amides is 1. The molecule has 2 unspecified atom stereocenters. The largest absolute Gasteiger partial charge is 0.348 e. The molecule has 1 saturated heterocycles. The van der Waals surface area contributed by atoms with Gasteiger partial charge in [-0.3, -0.25) is 9.89 Å². The van der Waals surface area contributed by atoms with E-state index in [0.29, 0.717) is 12.5 Å². The van der Waals surface area contributed by atoms with Crippen LogP contribution in [0.4, 0.5) is 0 Å². The number of rotatable bonds is 3. The third kappa shape index (κ3) is 3.28. The Kier molecular flexibility index (Phi) is 4.82. The van der Waals surface area contributed by atoms with Crippen LogP contribution >= 0.6 is 12.4 Å². The standard InChI is InChI=1S/C13H20N4O.ClH/c18-12(7-10-4-2-6-14-10)16-11-5-1-3-9-8-15-17-13(9)11;/h8,10-11,14H,1-7H2,(H,15,17)(H,16,18);1H. The van der Waals surface area contributed by atoms with Crippen molar-refractivity contribution in [3.63, 3.8) is 0 Å². The van der Waals surface area contributed by atoms with E-state index in [0.717, 1.165) is 37.9 Å². The maximum absolute atomic E-state index is 12.0. The number of halogens is 1. The topological polar surface area (TPSA) is 69.8 Å². The second-order valence-corrected chi connectivity index (χ2v) is 5.32. The summed E-state index contributed by atoms with van der Waals surface area (Å²) in [5.41, 5.74) is 2.36. The Balaban J connectivity index is 0.00000133. The number of carbonyl (C=O) groups is 1. The number of carbonyl (C=O) groups excluding carboxylic acids is 1. The van der Waals surface area contributed by atoms with Crippen LogP contribution in [0.5, 0.6) is 0 Å². The summed E-state index contributed by atoms with van der Waals surface area (Å²) in [6, 6.07) is 0.500. The van der Waals surface area contributed by atoms with Crippen LogP contribution < -0.4 is 10.6 Å². The predicted octanol–water partition coefficient (Wildman–Crippen LogP) is 1.47. The van der Waals surface area contributed by atoms with E-state index >= 15 is 0 Å². The van der Waals surface area contributed by atoms with Gasteiger partial charge in [0.05, 0.1) is 17.9 Å². The summed E-state index contributed by atoms with van der Waals surface area (Å²) in [4.78, 5) is 12.0. The number of nitrogens with zero attached hydrogens (tertiary/aromatic N) is 1. The van der Waals surface area contributed by atoms with Gasteiger partial charge in [0.25, 0.3) is 0 Å². The maximum Gasteiger partial charge on any atom is 0.222 e. The summed E-state index contributed by atoms with van der Waals surface area (Å²) in [6.07, 6.45) is 7.99. The lowest BCUT2D eigenvalue weighted by Crippen LogP contribution is -2.35. The molecule has 19 heavy (non-hydrogen) atoms. The van der Waals surface area contributed by atoms with Gasteiger partial charge in [0.15, 0.2) is 0 Å². The second kappa shape index (κ2) is 6.39. The molecule has 0 saturated carbocycles. The zero-order chi connectivity index (χ0) is 12.4. The molecule has 2 heterocycles. The van der Waals surface area contributed by atoms with Crippen LogP contribution in [0.3, 0.4) is 0 Å². The van der Waals surface area contributed by atoms with E-state index in [9.17, 15) is 4.79 Å². The molecule has 5 nitrogen and oxygen atoms in total. The molecule has 2 aliphatic rings. The van der Waals surface area contributed by atoms with Crippen LogP contribution in [0.25, 0.3) is 0 Å². The highest BCUT2D eigenvalue weighted by Crippen LogP contribution is 2.27. The van der Waals surface area contributed by atoms with Gasteiger partial charge in [-0.25, -0.2) is 0 Å². The number of fused-ring (bicyclic) bond motifs is 1. The van der Waals surface area contributed by atoms with Gasteiger partial charge in [0, 0.05) is 12.5 Å². The molecular weight excluding hydrogens is 264 g/mol. The fourth-order valence-electron chi connectivity index (χ4n) is 3.02. The first-order valence-electron chi connectivity index (χ1n) is 6.88. The average Bonchev–Trinajstić information content (AvgIpc) is 2.99. The zero-order valence-corrected chi connectivity index (χ0v) is 11.8. The van der Waals surface area contributed by atoms with Gasteiger partial charge in [-0.15, -0.1) is 12.4 Å². The molecule has 1 aliphatic carbocycles. The highest BCUT2D eigenvalue weighted by atomic mass is 35.5. The van der Waals surface area contributed by atoms with Crippen molar-refractivity contribution >= 4 is 18.3 Å². The highest BCUT2D eigenvalue weighted by molar-refractivity contribution is 5.85. The van der Waals surface area contributed by atoms with Crippen molar-refractivity contribution in [3.05, 3.63) is 17.5 Å². The first-order chi connectivity index (χ1) is 8.83. The van der Waals surface area contributed by atoms with Crippen LogP contribution in [-0.2, 0) is 11.2 Å². The first kappa shape index (κ1) is 14.3. The summed E-state index contributed by atoms with van der Waals surface area (Å²) in [6.45, 7) is 1.05. The predicted molar refractivity (Wildman–Crippen MR) is 75.3 cm³/mol. The molecule has 1 aromatic rings. The third-order valence-corrected chi connectivity index (χ3v) is 3.97. The smallest absolute Gasteiger partial charge is 0.222 e. The maximum atomic E-state index is 12.0. The Morgan fingerprint density at radius 3 is 3.11 bits per heavy atom.